The monoisotopic (exact) mass is 908 g/mol. The van der Waals surface area contributed by atoms with Crippen molar-refractivity contribution in [1.29, 1.82) is 0 Å². The molecule has 6 aromatic rings. The first-order valence-electron chi connectivity index (χ1n) is 20.4. The molecular formula is C52H48BBrF6O2. The molecule has 6 rings (SSSR count). The number of rotatable bonds is 10. The lowest BCUT2D eigenvalue weighted by molar-refractivity contribution is 0.425. The Morgan fingerprint density at radius 2 is 0.871 bits per heavy atom. The number of hydrogen-bond donors (Lipinski definition) is 2. The molecule has 2 N–H and O–H groups in total. The van der Waals surface area contributed by atoms with Crippen LogP contribution in [-0.4, -0.2) is 17.2 Å². The molecule has 0 saturated carbocycles. The van der Waals surface area contributed by atoms with E-state index < -0.39 is 36.2 Å². The van der Waals surface area contributed by atoms with Crippen molar-refractivity contribution in [2.75, 3.05) is 0 Å². The van der Waals surface area contributed by atoms with Gasteiger partial charge in [-0.05, 0) is 145 Å². The van der Waals surface area contributed by atoms with E-state index in [-0.39, 0.29) is 16.8 Å². The molecule has 0 aliphatic rings. The fourth-order valence-electron chi connectivity index (χ4n) is 6.21. The van der Waals surface area contributed by atoms with Gasteiger partial charge in [-0.3, -0.25) is 0 Å². The van der Waals surface area contributed by atoms with E-state index in [1.165, 1.54) is 67.9 Å². The Hall–Kier alpha value is -5.52. The maximum atomic E-state index is 14.5. The van der Waals surface area contributed by atoms with Crippen LogP contribution in [0.4, 0.5) is 26.3 Å². The summed E-state index contributed by atoms with van der Waals surface area (Å²) in [6.07, 6.45) is 9.50. The third kappa shape index (κ3) is 15.4. The highest BCUT2D eigenvalue weighted by Crippen LogP contribution is 2.24. The number of hydrogen-bond acceptors (Lipinski definition) is 2. The molecule has 0 aliphatic heterocycles. The van der Waals surface area contributed by atoms with Crippen LogP contribution in [-0.2, 0) is 12.8 Å². The van der Waals surface area contributed by atoms with Gasteiger partial charge in [-0.25, -0.2) is 26.3 Å². The molecule has 0 unspecified atom stereocenters. The first-order chi connectivity index (χ1) is 29.7. The van der Waals surface area contributed by atoms with Gasteiger partial charge in [-0.1, -0.05) is 122 Å². The summed E-state index contributed by atoms with van der Waals surface area (Å²) in [6.45, 7) is 8.47. The van der Waals surface area contributed by atoms with Crippen LogP contribution in [0.5, 0.6) is 0 Å². The van der Waals surface area contributed by atoms with Crippen molar-refractivity contribution >= 4 is 28.5 Å². The Morgan fingerprint density at radius 3 is 1.31 bits per heavy atom. The molecule has 0 spiro atoms. The molecule has 10 heteroatoms. The van der Waals surface area contributed by atoms with E-state index in [2.05, 4.69) is 84.6 Å². The summed E-state index contributed by atoms with van der Waals surface area (Å²) in [5.74, 6) is 7.16. The minimum atomic E-state index is -1.76. The van der Waals surface area contributed by atoms with Crippen molar-refractivity contribution in [3.8, 4) is 34.8 Å². The molecule has 0 aromatic heterocycles. The molecule has 6 aromatic carbocycles. The summed E-state index contributed by atoms with van der Waals surface area (Å²) in [5.41, 5.74) is 8.21. The van der Waals surface area contributed by atoms with Crippen molar-refractivity contribution in [3.63, 3.8) is 0 Å². The average Bonchev–Trinajstić information content (AvgIpc) is 3.24. The van der Waals surface area contributed by atoms with Crippen LogP contribution in [0, 0.1) is 72.4 Å². The van der Waals surface area contributed by atoms with Gasteiger partial charge in [-0.15, -0.1) is 0 Å². The van der Waals surface area contributed by atoms with Gasteiger partial charge in [0.2, 0.25) is 0 Å². The van der Waals surface area contributed by atoms with E-state index in [0.29, 0.717) is 16.7 Å². The van der Waals surface area contributed by atoms with Gasteiger partial charge >= 0.3 is 7.12 Å². The molecule has 62 heavy (non-hydrogen) atoms. The molecular weight excluding hydrogens is 861 g/mol. The van der Waals surface area contributed by atoms with Crippen LogP contribution in [0.3, 0.4) is 0 Å². The van der Waals surface area contributed by atoms with Gasteiger partial charge in [0, 0.05) is 15.6 Å². The van der Waals surface area contributed by atoms with Gasteiger partial charge in [0.1, 0.15) is 11.6 Å². The Morgan fingerprint density at radius 1 is 0.452 bits per heavy atom. The number of aryl methyl sites for hydroxylation is 4. The van der Waals surface area contributed by atoms with Gasteiger partial charge in [0.05, 0.1) is 11.1 Å². The molecule has 320 valence electrons. The van der Waals surface area contributed by atoms with Crippen LogP contribution >= 0.6 is 15.9 Å². The van der Waals surface area contributed by atoms with E-state index in [4.69, 9.17) is 10.0 Å². The van der Waals surface area contributed by atoms with Crippen LogP contribution in [0.1, 0.15) is 96.9 Å². The second-order valence-corrected chi connectivity index (χ2v) is 15.6. The molecule has 0 atom stereocenters. The average molecular weight is 910 g/mol. The maximum absolute atomic E-state index is 14.5. The van der Waals surface area contributed by atoms with Crippen LogP contribution in [0.15, 0.2) is 114 Å². The summed E-state index contributed by atoms with van der Waals surface area (Å²) < 4.78 is 80.0. The predicted octanol–water partition coefficient (Wildman–Crippen LogP) is 12.9. The fourth-order valence-corrected chi connectivity index (χ4v) is 6.54. The molecule has 0 aliphatic carbocycles. The maximum Gasteiger partial charge on any atom is 0.488 e. The van der Waals surface area contributed by atoms with Gasteiger partial charge < -0.3 is 10.0 Å². The zero-order valence-corrected chi connectivity index (χ0v) is 36.8. The smallest absolute Gasteiger partial charge is 0.423 e. The SMILES string of the molecule is CCCCCc1ccc(C#Cc2ccc(-c3ccc(F)c(F)c3)cc2F)c(C)c1.CCCCCc1ccc(C#Cc2ccc(Br)cc2F)c(C)c1.OB(O)c1ccc(F)c(F)c1. The minimum absolute atomic E-state index is 0.0658. The summed E-state index contributed by atoms with van der Waals surface area (Å²) in [5, 5.41) is 17.0. The Labute approximate surface area is 370 Å². The first kappa shape index (κ1) is 49.1. The third-order valence-electron chi connectivity index (χ3n) is 9.78. The lowest BCUT2D eigenvalue weighted by Crippen LogP contribution is -2.30. The van der Waals surface area contributed by atoms with Gasteiger partial charge in [0.25, 0.3) is 0 Å². The highest BCUT2D eigenvalue weighted by molar-refractivity contribution is 9.10. The topological polar surface area (TPSA) is 40.5 Å². The van der Waals surface area contributed by atoms with Gasteiger partial charge in [0.15, 0.2) is 23.3 Å². The van der Waals surface area contributed by atoms with E-state index in [0.717, 1.165) is 69.9 Å². The van der Waals surface area contributed by atoms with Crippen LogP contribution in [0.25, 0.3) is 11.1 Å². The minimum Gasteiger partial charge on any atom is -0.423 e. The van der Waals surface area contributed by atoms with E-state index in [1.807, 2.05) is 19.1 Å². The van der Waals surface area contributed by atoms with Crippen molar-refractivity contribution in [2.45, 2.75) is 79.1 Å². The zero-order valence-electron chi connectivity index (χ0n) is 35.2. The summed E-state index contributed by atoms with van der Waals surface area (Å²) in [4.78, 5) is 0. The van der Waals surface area contributed by atoms with Crippen molar-refractivity contribution < 1.29 is 36.4 Å². The fraction of sp³-hybridized carbons (Fsp3) is 0.231. The van der Waals surface area contributed by atoms with E-state index in [1.54, 1.807) is 24.3 Å². The Kier molecular flexibility index (Phi) is 19.7. The quantitative estimate of drug-likeness (QED) is 0.0622. The first-order valence-corrected chi connectivity index (χ1v) is 21.2. The van der Waals surface area contributed by atoms with Crippen LogP contribution < -0.4 is 5.46 Å². The lowest BCUT2D eigenvalue weighted by Gasteiger charge is -2.05. The van der Waals surface area contributed by atoms with Gasteiger partial charge in [-0.2, -0.15) is 0 Å². The molecule has 0 radical (unpaired) electrons. The number of halogens is 7. The summed E-state index contributed by atoms with van der Waals surface area (Å²) >= 11 is 3.25. The van der Waals surface area contributed by atoms with Crippen molar-refractivity contribution in [2.24, 2.45) is 0 Å². The molecule has 2 nitrogen and oxygen atoms in total. The Balaban J connectivity index is 0.000000225. The standard InChI is InChI=1S/C26H23F3.C20H20BrF.C6H5BF2O2/c1-3-4-5-6-19-7-8-20(18(2)15-19)9-10-21-11-12-22(16-25(21)28)23-13-14-24(27)26(29)17-23;1-3-4-5-6-16-7-8-17(15(2)13-16)9-10-18-11-12-19(21)14-20(18)22;8-5-2-1-4(7(10)11)3-6(5)9/h7-8,11-17H,3-6H2,1-2H3;7-8,11-14H,3-6H2,1-2H3;1-3,10-11H. The largest absolute Gasteiger partial charge is 0.488 e. The lowest BCUT2D eigenvalue weighted by atomic mass is 9.80. The molecule has 0 heterocycles. The molecule has 0 fully saturated rings. The molecule has 0 bridgehead atoms. The van der Waals surface area contributed by atoms with E-state index in [9.17, 15) is 26.3 Å². The Bertz CT molecular complexity index is 2570. The number of benzene rings is 6. The van der Waals surface area contributed by atoms with E-state index >= 15 is 0 Å². The summed E-state index contributed by atoms with van der Waals surface area (Å²) in [6, 6.07) is 28.2. The zero-order chi connectivity index (χ0) is 45.2. The van der Waals surface area contributed by atoms with Crippen LogP contribution in [0.2, 0.25) is 0 Å². The second-order valence-electron chi connectivity index (χ2n) is 14.7. The van der Waals surface area contributed by atoms with Crippen molar-refractivity contribution in [3.05, 3.63) is 193 Å². The number of unbranched alkanes of at least 4 members (excludes halogenated alkanes) is 4. The second kappa shape index (κ2) is 24.8. The summed E-state index contributed by atoms with van der Waals surface area (Å²) in [7, 11) is -1.76. The highest BCUT2D eigenvalue weighted by atomic mass is 79.9. The molecule has 0 saturated heterocycles. The normalized spacial score (nSPS) is 10.3. The predicted molar refractivity (Wildman–Crippen MR) is 243 cm³/mol. The van der Waals surface area contributed by atoms with Crippen molar-refractivity contribution in [1.82, 2.24) is 0 Å². The highest BCUT2D eigenvalue weighted by Gasteiger charge is 2.13. The molecule has 0 amide bonds. The third-order valence-corrected chi connectivity index (χ3v) is 10.3.